The maximum Gasteiger partial charge on any atom is 0.254 e. The van der Waals surface area contributed by atoms with Crippen LogP contribution in [0.4, 0.5) is 0 Å². The number of benzene rings is 1. The number of amides is 1. The summed E-state index contributed by atoms with van der Waals surface area (Å²) >= 11 is 7.74. The van der Waals surface area contributed by atoms with Crippen LogP contribution in [0.1, 0.15) is 29.1 Å². The first kappa shape index (κ1) is 21.2. The van der Waals surface area contributed by atoms with Crippen molar-refractivity contribution in [2.45, 2.75) is 17.9 Å². The van der Waals surface area contributed by atoms with Gasteiger partial charge in [0, 0.05) is 41.5 Å². The molecule has 0 N–H and O–H groups in total. The zero-order valence-electron chi connectivity index (χ0n) is 16.3. The molecule has 0 aliphatic rings. The fraction of sp³-hybridized carbons (Fsp3) is 0.316. The van der Waals surface area contributed by atoms with Crippen molar-refractivity contribution in [1.82, 2.24) is 29.6 Å². The van der Waals surface area contributed by atoms with Gasteiger partial charge in [0.05, 0.1) is 12.6 Å². The maximum atomic E-state index is 13.4. The van der Waals surface area contributed by atoms with Gasteiger partial charge in [-0.2, -0.15) is 9.78 Å². The third-order valence-corrected chi connectivity index (χ3v) is 5.23. The third-order valence-electron chi connectivity index (χ3n) is 4.31. The van der Waals surface area contributed by atoms with E-state index in [9.17, 15) is 4.79 Å². The molecule has 0 radical (unpaired) electrons. The molecule has 8 nitrogen and oxygen atoms in total. The number of hydrogen-bond donors (Lipinski definition) is 0. The average molecular weight is 433 g/mol. The predicted molar refractivity (Wildman–Crippen MR) is 112 cm³/mol. The van der Waals surface area contributed by atoms with Crippen LogP contribution < -0.4 is 0 Å². The SMILES string of the molecule is COCCN(C(=O)c1cc(Cl)cc(SC)c1)C(C)c1ncnn1-c1ncccn1. The second kappa shape index (κ2) is 9.82. The number of aromatic nitrogens is 5. The number of rotatable bonds is 8. The molecular weight excluding hydrogens is 412 g/mol. The molecule has 0 aliphatic heterocycles. The highest BCUT2D eigenvalue weighted by atomic mass is 35.5. The first-order chi connectivity index (χ1) is 14.0. The van der Waals surface area contributed by atoms with Gasteiger partial charge in [0.2, 0.25) is 0 Å². The zero-order valence-corrected chi connectivity index (χ0v) is 17.9. The molecule has 0 spiro atoms. The van der Waals surface area contributed by atoms with Crippen LogP contribution in [-0.2, 0) is 4.74 Å². The molecule has 152 valence electrons. The smallest absolute Gasteiger partial charge is 0.254 e. The maximum absolute atomic E-state index is 13.4. The van der Waals surface area contributed by atoms with Crippen LogP contribution in [-0.4, -0.2) is 62.1 Å². The van der Waals surface area contributed by atoms with Crippen molar-refractivity contribution < 1.29 is 9.53 Å². The minimum absolute atomic E-state index is 0.170. The Morgan fingerprint density at radius 2 is 2.03 bits per heavy atom. The fourth-order valence-corrected chi connectivity index (χ4v) is 3.65. The van der Waals surface area contributed by atoms with Crippen LogP contribution in [0, 0.1) is 0 Å². The average Bonchev–Trinajstić information content (AvgIpc) is 3.23. The van der Waals surface area contributed by atoms with Gasteiger partial charge in [0.1, 0.15) is 6.33 Å². The predicted octanol–water partition coefficient (Wildman–Crippen LogP) is 3.28. The molecule has 2 heterocycles. The lowest BCUT2D eigenvalue weighted by Gasteiger charge is -2.28. The molecular formula is C19H21ClN6O2S. The van der Waals surface area contributed by atoms with Crippen LogP contribution in [0.2, 0.25) is 5.02 Å². The van der Waals surface area contributed by atoms with Crippen LogP contribution in [0.15, 0.2) is 47.9 Å². The van der Waals surface area contributed by atoms with Gasteiger partial charge in [0.25, 0.3) is 11.9 Å². The summed E-state index contributed by atoms with van der Waals surface area (Å²) in [6.45, 7) is 2.64. The van der Waals surface area contributed by atoms with Gasteiger partial charge < -0.3 is 9.64 Å². The molecule has 1 atom stereocenters. The number of halogens is 1. The minimum atomic E-state index is -0.402. The van der Waals surface area contributed by atoms with Crippen LogP contribution in [0.3, 0.4) is 0 Å². The van der Waals surface area contributed by atoms with E-state index >= 15 is 0 Å². The molecule has 0 saturated carbocycles. The first-order valence-electron chi connectivity index (χ1n) is 8.87. The van der Waals surface area contributed by atoms with Crippen molar-refractivity contribution in [3.05, 3.63) is 59.4 Å². The van der Waals surface area contributed by atoms with Crippen LogP contribution in [0.25, 0.3) is 5.95 Å². The second-order valence-corrected chi connectivity index (χ2v) is 7.44. The number of carbonyl (C=O) groups excluding carboxylic acids is 1. The molecule has 0 aliphatic carbocycles. The zero-order chi connectivity index (χ0) is 20.8. The lowest BCUT2D eigenvalue weighted by molar-refractivity contribution is 0.0605. The van der Waals surface area contributed by atoms with Gasteiger partial charge in [-0.25, -0.2) is 15.0 Å². The van der Waals surface area contributed by atoms with E-state index in [0.717, 1.165) is 4.90 Å². The number of ether oxygens (including phenoxy) is 1. The van der Waals surface area contributed by atoms with Crippen molar-refractivity contribution in [3.63, 3.8) is 0 Å². The first-order valence-corrected chi connectivity index (χ1v) is 10.5. The molecule has 1 aromatic carbocycles. The van der Waals surface area contributed by atoms with Gasteiger partial charge in [-0.3, -0.25) is 4.79 Å². The summed E-state index contributed by atoms with van der Waals surface area (Å²) in [5, 5.41) is 4.74. The molecule has 10 heteroatoms. The van der Waals surface area contributed by atoms with Crippen molar-refractivity contribution >= 4 is 29.3 Å². The number of carbonyl (C=O) groups is 1. The van der Waals surface area contributed by atoms with Crippen LogP contribution >= 0.6 is 23.4 Å². The monoisotopic (exact) mass is 432 g/mol. The molecule has 0 bridgehead atoms. The summed E-state index contributed by atoms with van der Waals surface area (Å²) in [5.41, 5.74) is 0.506. The Morgan fingerprint density at radius 3 is 2.72 bits per heavy atom. The van der Waals surface area contributed by atoms with Gasteiger partial charge >= 0.3 is 0 Å². The number of methoxy groups -OCH3 is 1. The summed E-state index contributed by atoms with van der Waals surface area (Å²) in [4.78, 5) is 28.8. The van der Waals surface area contributed by atoms with E-state index < -0.39 is 6.04 Å². The Balaban J connectivity index is 1.96. The largest absolute Gasteiger partial charge is 0.383 e. The quantitative estimate of drug-likeness (QED) is 0.505. The topological polar surface area (TPSA) is 86.0 Å². The van der Waals surface area contributed by atoms with E-state index in [0.29, 0.717) is 35.5 Å². The van der Waals surface area contributed by atoms with E-state index in [-0.39, 0.29) is 5.91 Å². The van der Waals surface area contributed by atoms with E-state index in [1.807, 2.05) is 25.3 Å². The molecule has 29 heavy (non-hydrogen) atoms. The molecule has 3 rings (SSSR count). The van der Waals surface area contributed by atoms with E-state index in [1.165, 1.54) is 22.8 Å². The molecule has 0 saturated heterocycles. The van der Waals surface area contributed by atoms with E-state index in [1.54, 1.807) is 36.5 Å². The fourth-order valence-electron chi connectivity index (χ4n) is 2.86. The summed E-state index contributed by atoms with van der Waals surface area (Å²) in [6, 6.07) is 6.65. The van der Waals surface area contributed by atoms with Crippen molar-refractivity contribution in [2.24, 2.45) is 0 Å². The van der Waals surface area contributed by atoms with Crippen molar-refractivity contribution in [2.75, 3.05) is 26.5 Å². The standard InChI is InChI=1S/C19H21ClN6O2S/c1-13(17-23-12-24-26(17)19-21-5-4-6-22-19)25(7-8-28-2)18(27)14-9-15(20)11-16(10-14)29-3/h4-6,9-13H,7-8H2,1-3H3. The second-order valence-electron chi connectivity index (χ2n) is 6.13. The van der Waals surface area contributed by atoms with E-state index in [4.69, 9.17) is 16.3 Å². The third kappa shape index (κ3) is 4.92. The Morgan fingerprint density at radius 1 is 1.28 bits per heavy atom. The molecule has 0 fully saturated rings. The number of thioether (sulfide) groups is 1. The summed E-state index contributed by atoms with van der Waals surface area (Å²) < 4.78 is 6.75. The summed E-state index contributed by atoms with van der Waals surface area (Å²) in [7, 11) is 1.60. The molecule has 1 unspecified atom stereocenters. The lowest BCUT2D eigenvalue weighted by Crippen LogP contribution is -2.37. The molecule has 1 amide bonds. The van der Waals surface area contributed by atoms with Gasteiger partial charge in [-0.1, -0.05) is 11.6 Å². The van der Waals surface area contributed by atoms with E-state index in [2.05, 4.69) is 20.1 Å². The highest BCUT2D eigenvalue weighted by Crippen LogP contribution is 2.26. The Labute approximate surface area is 178 Å². The molecule has 2 aromatic heterocycles. The summed E-state index contributed by atoms with van der Waals surface area (Å²) in [6.07, 6.45) is 6.62. The Hall–Kier alpha value is -2.49. The van der Waals surface area contributed by atoms with Crippen LogP contribution in [0.5, 0.6) is 0 Å². The summed E-state index contributed by atoms with van der Waals surface area (Å²) in [5.74, 6) is 0.766. The van der Waals surface area contributed by atoms with Crippen molar-refractivity contribution in [1.29, 1.82) is 0 Å². The number of nitrogens with zero attached hydrogens (tertiary/aromatic N) is 6. The molecule has 3 aromatic rings. The minimum Gasteiger partial charge on any atom is -0.383 e. The lowest BCUT2D eigenvalue weighted by atomic mass is 10.1. The highest BCUT2D eigenvalue weighted by Gasteiger charge is 2.27. The highest BCUT2D eigenvalue weighted by molar-refractivity contribution is 7.98. The normalized spacial score (nSPS) is 12.0. The number of hydrogen-bond acceptors (Lipinski definition) is 7. The Kier molecular flexibility index (Phi) is 7.18. The Bertz CT molecular complexity index is 968. The van der Waals surface area contributed by atoms with Crippen molar-refractivity contribution in [3.8, 4) is 5.95 Å². The van der Waals surface area contributed by atoms with Gasteiger partial charge in [-0.15, -0.1) is 11.8 Å². The van der Waals surface area contributed by atoms with Gasteiger partial charge in [-0.05, 0) is 37.4 Å². The van der Waals surface area contributed by atoms with Gasteiger partial charge in [0.15, 0.2) is 5.82 Å².